The predicted octanol–water partition coefficient (Wildman–Crippen LogP) is 23.2. The molecule has 0 aromatic rings. The fraction of sp³-hybridized carbons (Fsp3) is 0.871. The molecule has 0 aromatic heterocycles. The number of rotatable bonds is 63. The van der Waals surface area contributed by atoms with Gasteiger partial charge in [-0.05, 0) is 77.0 Å². The molecule has 1 unspecified atom stereocenters. The summed E-state index contributed by atoms with van der Waals surface area (Å²) >= 11 is 0. The summed E-state index contributed by atoms with van der Waals surface area (Å²) in [5, 5.41) is 0. The minimum Gasteiger partial charge on any atom is -0.462 e. The molecule has 1 atom stereocenters. The molecule has 0 fully saturated rings. The Kier molecular flexibility index (Phi) is 63.1. The largest absolute Gasteiger partial charge is 0.462 e. The summed E-state index contributed by atoms with van der Waals surface area (Å²) in [6.45, 7) is 6.67. The molecule has 0 aliphatic heterocycles. The van der Waals surface area contributed by atoms with Gasteiger partial charge in [-0.15, -0.1) is 0 Å². The Hall–Kier alpha value is -2.37. The highest BCUT2D eigenvalue weighted by Gasteiger charge is 2.19. The molecule has 446 valence electrons. The van der Waals surface area contributed by atoms with E-state index in [1.807, 2.05) is 0 Å². The maximum atomic E-state index is 12.9. The summed E-state index contributed by atoms with van der Waals surface area (Å²) in [6, 6.07) is 0. The first-order valence-corrected chi connectivity index (χ1v) is 34.0. The minimum absolute atomic E-state index is 0.0719. The normalized spacial score (nSPS) is 12.2. The number of unbranched alkanes of at least 4 members (excludes halogenated alkanes) is 46. The number of carbonyl (C=O) groups is 3. The summed E-state index contributed by atoms with van der Waals surface area (Å²) in [5.74, 6) is -0.858. The Balaban J connectivity index is 4.30. The molecular formula is C70H130O6. The second kappa shape index (κ2) is 65.2. The zero-order chi connectivity index (χ0) is 55.0. The summed E-state index contributed by atoms with van der Waals surface area (Å²) < 4.78 is 17.0. The lowest BCUT2D eigenvalue weighted by Gasteiger charge is -2.18. The topological polar surface area (TPSA) is 78.9 Å². The van der Waals surface area contributed by atoms with Crippen LogP contribution < -0.4 is 0 Å². The van der Waals surface area contributed by atoms with Crippen LogP contribution >= 0.6 is 0 Å². The number of allylic oxidation sites excluding steroid dienone is 6. The van der Waals surface area contributed by atoms with Gasteiger partial charge in [0.1, 0.15) is 13.2 Å². The third-order valence-electron chi connectivity index (χ3n) is 15.4. The van der Waals surface area contributed by atoms with E-state index in [0.717, 1.165) is 70.6 Å². The molecule has 0 heterocycles. The van der Waals surface area contributed by atoms with Gasteiger partial charge >= 0.3 is 17.9 Å². The summed E-state index contributed by atoms with van der Waals surface area (Å²) in [7, 11) is 0. The van der Waals surface area contributed by atoms with Gasteiger partial charge in [0.2, 0.25) is 0 Å². The van der Waals surface area contributed by atoms with Gasteiger partial charge in [-0.2, -0.15) is 0 Å². The Morgan fingerprint density at radius 2 is 0.474 bits per heavy atom. The highest BCUT2D eigenvalue weighted by atomic mass is 16.6. The standard InChI is InChI=1S/C70H130O6/c1-4-7-10-13-16-19-22-25-28-31-33-34-35-36-38-39-42-45-48-51-54-57-60-63-69(72)75-66-67(65-74-68(71)62-59-56-53-50-47-44-41-30-27-24-21-18-15-12-9-6-3)76-70(73)64-61-58-55-52-49-46-43-40-37-32-29-26-23-20-17-14-11-8-5-2/h17,20,26,29-30,41,67H,4-16,18-19,21-25,27-28,31-40,42-66H2,1-3H3/b20-17-,29-26-,41-30-. The monoisotopic (exact) mass is 1070 g/mol. The first-order valence-electron chi connectivity index (χ1n) is 34.0. The SMILES string of the molecule is CCCCC/C=C\C/C=C\CCCCCCCCCCCC(=O)OC(COC(=O)CCCCCCC/C=C\CCCCCCCCC)COC(=O)CCCCCCCCCCCCCCCCCCCCCCCCC. The predicted molar refractivity (Wildman–Crippen MR) is 330 cm³/mol. The van der Waals surface area contributed by atoms with Gasteiger partial charge in [0.15, 0.2) is 6.10 Å². The van der Waals surface area contributed by atoms with Crippen LogP contribution in [0.15, 0.2) is 36.5 Å². The molecule has 0 saturated heterocycles. The van der Waals surface area contributed by atoms with E-state index in [4.69, 9.17) is 14.2 Å². The van der Waals surface area contributed by atoms with Gasteiger partial charge in [-0.3, -0.25) is 14.4 Å². The molecule has 0 saturated carbocycles. The molecule has 0 spiro atoms. The van der Waals surface area contributed by atoms with Crippen molar-refractivity contribution in [3.05, 3.63) is 36.5 Å². The molecule has 0 aromatic carbocycles. The van der Waals surface area contributed by atoms with Gasteiger partial charge in [-0.1, -0.05) is 314 Å². The molecular weight excluding hydrogens is 937 g/mol. The van der Waals surface area contributed by atoms with Gasteiger partial charge < -0.3 is 14.2 Å². The number of esters is 3. The lowest BCUT2D eigenvalue weighted by molar-refractivity contribution is -0.167. The molecule has 0 aliphatic rings. The Morgan fingerprint density at radius 1 is 0.263 bits per heavy atom. The van der Waals surface area contributed by atoms with E-state index in [1.165, 1.54) is 263 Å². The van der Waals surface area contributed by atoms with E-state index >= 15 is 0 Å². The molecule has 0 bridgehead atoms. The van der Waals surface area contributed by atoms with Crippen molar-refractivity contribution >= 4 is 17.9 Å². The molecule has 6 nitrogen and oxygen atoms in total. The van der Waals surface area contributed by atoms with E-state index in [1.54, 1.807) is 0 Å². The molecule has 6 heteroatoms. The number of hydrogen-bond donors (Lipinski definition) is 0. The quantitative estimate of drug-likeness (QED) is 0.0261. The van der Waals surface area contributed by atoms with Crippen molar-refractivity contribution < 1.29 is 28.6 Å². The van der Waals surface area contributed by atoms with Gasteiger partial charge in [0, 0.05) is 19.3 Å². The third-order valence-corrected chi connectivity index (χ3v) is 15.4. The van der Waals surface area contributed by atoms with Crippen LogP contribution in [0.1, 0.15) is 374 Å². The average molecular weight is 1070 g/mol. The van der Waals surface area contributed by atoms with Crippen molar-refractivity contribution in [2.24, 2.45) is 0 Å². The summed E-state index contributed by atoms with van der Waals surface area (Å²) in [6.07, 6.45) is 80.1. The second-order valence-corrected chi connectivity index (χ2v) is 23.1. The minimum atomic E-state index is -0.777. The van der Waals surface area contributed by atoms with E-state index in [0.29, 0.717) is 19.3 Å². The van der Waals surface area contributed by atoms with E-state index in [2.05, 4.69) is 57.2 Å². The lowest BCUT2D eigenvalue weighted by Crippen LogP contribution is -2.30. The van der Waals surface area contributed by atoms with Crippen molar-refractivity contribution in [2.75, 3.05) is 13.2 Å². The van der Waals surface area contributed by atoms with E-state index in [-0.39, 0.29) is 31.1 Å². The second-order valence-electron chi connectivity index (χ2n) is 23.1. The fourth-order valence-corrected chi connectivity index (χ4v) is 10.2. The van der Waals surface area contributed by atoms with Crippen molar-refractivity contribution in [1.29, 1.82) is 0 Å². The maximum absolute atomic E-state index is 12.9. The third kappa shape index (κ3) is 62.5. The molecule has 0 amide bonds. The van der Waals surface area contributed by atoms with Crippen LogP contribution in [0.3, 0.4) is 0 Å². The van der Waals surface area contributed by atoms with Crippen molar-refractivity contribution in [2.45, 2.75) is 380 Å². The highest BCUT2D eigenvalue weighted by molar-refractivity contribution is 5.71. The number of ether oxygens (including phenoxy) is 3. The van der Waals surface area contributed by atoms with Crippen LogP contribution in [0, 0.1) is 0 Å². The van der Waals surface area contributed by atoms with E-state index < -0.39 is 6.10 Å². The summed E-state index contributed by atoms with van der Waals surface area (Å²) in [5.41, 5.74) is 0. The van der Waals surface area contributed by atoms with Crippen LogP contribution in [0.25, 0.3) is 0 Å². The number of hydrogen-bond acceptors (Lipinski definition) is 6. The van der Waals surface area contributed by atoms with Crippen LogP contribution in [-0.4, -0.2) is 37.2 Å². The molecule has 0 rings (SSSR count). The van der Waals surface area contributed by atoms with Gasteiger partial charge in [-0.25, -0.2) is 0 Å². The van der Waals surface area contributed by atoms with Crippen molar-refractivity contribution in [3.63, 3.8) is 0 Å². The van der Waals surface area contributed by atoms with Crippen LogP contribution in [0.5, 0.6) is 0 Å². The number of carbonyl (C=O) groups excluding carboxylic acids is 3. The first kappa shape index (κ1) is 73.6. The first-order chi connectivity index (χ1) is 37.5. The van der Waals surface area contributed by atoms with Crippen molar-refractivity contribution in [3.8, 4) is 0 Å². The van der Waals surface area contributed by atoms with Crippen LogP contribution in [0.4, 0.5) is 0 Å². The Labute approximate surface area is 474 Å². The van der Waals surface area contributed by atoms with Crippen LogP contribution in [-0.2, 0) is 28.6 Å². The average Bonchev–Trinajstić information content (AvgIpc) is 3.42. The smallest absolute Gasteiger partial charge is 0.306 e. The van der Waals surface area contributed by atoms with E-state index in [9.17, 15) is 14.4 Å². The highest BCUT2D eigenvalue weighted by Crippen LogP contribution is 2.18. The lowest BCUT2D eigenvalue weighted by atomic mass is 10.0. The van der Waals surface area contributed by atoms with Gasteiger partial charge in [0.25, 0.3) is 0 Å². The fourth-order valence-electron chi connectivity index (χ4n) is 10.2. The van der Waals surface area contributed by atoms with Crippen LogP contribution in [0.2, 0.25) is 0 Å². The molecule has 0 aliphatic carbocycles. The molecule has 0 radical (unpaired) electrons. The van der Waals surface area contributed by atoms with Gasteiger partial charge in [0.05, 0.1) is 0 Å². The van der Waals surface area contributed by atoms with Crippen molar-refractivity contribution in [1.82, 2.24) is 0 Å². The maximum Gasteiger partial charge on any atom is 0.306 e. The molecule has 76 heavy (non-hydrogen) atoms. The zero-order valence-corrected chi connectivity index (χ0v) is 51.3. The summed E-state index contributed by atoms with van der Waals surface area (Å²) in [4.78, 5) is 38.4. The molecule has 0 N–H and O–H groups in total. The Bertz CT molecular complexity index is 1270. The Morgan fingerprint density at radius 3 is 0.763 bits per heavy atom. The zero-order valence-electron chi connectivity index (χ0n) is 51.3.